The number of carbonyl (C=O) groups is 1. The summed E-state index contributed by atoms with van der Waals surface area (Å²) in [6, 6.07) is 0. The van der Waals surface area contributed by atoms with Gasteiger partial charge in [-0.3, -0.25) is 0 Å². The highest BCUT2D eigenvalue weighted by atomic mass is 28.2. The SMILES string of the molecule is CCC=CC(=O)OCCCCO[SiH3]. The Morgan fingerprint density at radius 3 is 2.69 bits per heavy atom. The highest BCUT2D eigenvalue weighted by Crippen LogP contribution is 1.92. The molecule has 0 N–H and O–H groups in total. The average molecular weight is 202 g/mol. The molecule has 0 aromatic heterocycles. The summed E-state index contributed by atoms with van der Waals surface area (Å²) in [6.45, 7) is 3.26. The standard InChI is InChI=1S/C9H18O3Si/c1-2-3-6-9(10)11-7-4-5-8-12-13/h3,6H,2,4-5,7-8H2,1,13H3. The van der Waals surface area contributed by atoms with Crippen LogP contribution in [0.5, 0.6) is 0 Å². The van der Waals surface area contributed by atoms with Gasteiger partial charge < -0.3 is 9.16 Å². The van der Waals surface area contributed by atoms with Crippen molar-refractivity contribution in [2.75, 3.05) is 13.2 Å². The van der Waals surface area contributed by atoms with Crippen LogP contribution in [0.3, 0.4) is 0 Å². The van der Waals surface area contributed by atoms with Gasteiger partial charge in [-0.25, -0.2) is 4.79 Å². The summed E-state index contributed by atoms with van der Waals surface area (Å²) in [5, 5.41) is 0. The molecule has 0 aliphatic rings. The van der Waals surface area contributed by atoms with Crippen LogP contribution < -0.4 is 0 Å². The van der Waals surface area contributed by atoms with Crippen molar-refractivity contribution < 1.29 is 14.0 Å². The van der Waals surface area contributed by atoms with Gasteiger partial charge in [0, 0.05) is 12.7 Å². The number of unbranched alkanes of at least 4 members (excludes halogenated alkanes) is 1. The van der Waals surface area contributed by atoms with E-state index in [0.29, 0.717) is 6.61 Å². The number of esters is 1. The number of ether oxygens (including phenoxy) is 1. The Hall–Kier alpha value is -0.613. The zero-order chi connectivity index (χ0) is 9.94. The van der Waals surface area contributed by atoms with Crippen LogP contribution in [-0.2, 0) is 14.0 Å². The molecule has 0 aromatic rings. The molecule has 0 aliphatic carbocycles. The third kappa shape index (κ3) is 9.30. The normalized spacial score (nSPS) is 10.8. The fourth-order valence-electron chi connectivity index (χ4n) is 0.783. The van der Waals surface area contributed by atoms with E-state index in [-0.39, 0.29) is 5.97 Å². The van der Waals surface area contributed by atoms with Crippen LogP contribution >= 0.6 is 0 Å². The van der Waals surface area contributed by atoms with Gasteiger partial charge in [0.15, 0.2) is 0 Å². The molecule has 76 valence electrons. The van der Waals surface area contributed by atoms with E-state index in [1.165, 1.54) is 6.08 Å². The molecule has 0 aromatic carbocycles. The number of hydrogen-bond donors (Lipinski definition) is 0. The summed E-state index contributed by atoms with van der Waals surface area (Å²) in [5.74, 6) is -0.242. The quantitative estimate of drug-likeness (QED) is 0.262. The van der Waals surface area contributed by atoms with Gasteiger partial charge in [-0.2, -0.15) is 0 Å². The van der Waals surface area contributed by atoms with Gasteiger partial charge in [0.25, 0.3) is 0 Å². The lowest BCUT2D eigenvalue weighted by molar-refractivity contribution is -0.137. The largest absolute Gasteiger partial charge is 0.463 e. The van der Waals surface area contributed by atoms with Crippen molar-refractivity contribution in [1.29, 1.82) is 0 Å². The zero-order valence-electron chi connectivity index (χ0n) is 8.41. The summed E-state index contributed by atoms with van der Waals surface area (Å²) >= 11 is 0. The molecule has 0 atom stereocenters. The van der Waals surface area contributed by atoms with Gasteiger partial charge in [0.2, 0.25) is 0 Å². The Morgan fingerprint density at radius 1 is 1.38 bits per heavy atom. The molecule has 0 saturated heterocycles. The van der Waals surface area contributed by atoms with Crippen molar-refractivity contribution in [2.24, 2.45) is 0 Å². The monoisotopic (exact) mass is 202 g/mol. The first-order valence-corrected chi connectivity index (χ1v) is 5.45. The van der Waals surface area contributed by atoms with Crippen molar-refractivity contribution in [3.63, 3.8) is 0 Å². The minimum absolute atomic E-state index is 0.242. The van der Waals surface area contributed by atoms with E-state index in [0.717, 1.165) is 36.4 Å². The molecular weight excluding hydrogens is 184 g/mol. The summed E-state index contributed by atoms with van der Waals surface area (Å²) in [6.07, 6.45) is 5.98. The Morgan fingerprint density at radius 2 is 2.08 bits per heavy atom. The molecule has 0 aliphatic heterocycles. The molecule has 0 bridgehead atoms. The first-order chi connectivity index (χ1) is 6.31. The van der Waals surface area contributed by atoms with Crippen LogP contribution in [-0.4, -0.2) is 29.7 Å². The van der Waals surface area contributed by atoms with Crippen molar-refractivity contribution in [3.8, 4) is 0 Å². The molecule has 0 fully saturated rings. The van der Waals surface area contributed by atoms with Gasteiger partial charge in [-0.1, -0.05) is 13.0 Å². The van der Waals surface area contributed by atoms with Crippen molar-refractivity contribution in [1.82, 2.24) is 0 Å². The summed E-state index contributed by atoms with van der Waals surface area (Å²) in [5.41, 5.74) is 0. The first kappa shape index (κ1) is 12.4. The second-order valence-electron chi connectivity index (χ2n) is 2.68. The summed E-state index contributed by atoms with van der Waals surface area (Å²) in [4.78, 5) is 10.9. The number of carbonyl (C=O) groups excluding carboxylic acids is 1. The highest BCUT2D eigenvalue weighted by Gasteiger charge is 1.94. The molecule has 0 saturated carbocycles. The topological polar surface area (TPSA) is 35.5 Å². The number of allylic oxidation sites excluding steroid dienone is 1. The van der Waals surface area contributed by atoms with Crippen molar-refractivity contribution in [3.05, 3.63) is 12.2 Å². The van der Waals surface area contributed by atoms with Crippen molar-refractivity contribution in [2.45, 2.75) is 26.2 Å². The molecule has 0 unspecified atom stereocenters. The lowest BCUT2D eigenvalue weighted by Crippen LogP contribution is -2.03. The van der Waals surface area contributed by atoms with Crippen LogP contribution in [0.1, 0.15) is 26.2 Å². The van der Waals surface area contributed by atoms with Crippen LogP contribution in [0.25, 0.3) is 0 Å². The summed E-state index contributed by atoms with van der Waals surface area (Å²) in [7, 11) is 0.786. The lowest BCUT2D eigenvalue weighted by Gasteiger charge is -2.01. The maximum atomic E-state index is 10.9. The molecule has 0 radical (unpaired) electrons. The van der Waals surface area contributed by atoms with E-state index in [1.54, 1.807) is 6.08 Å². The Balaban J connectivity index is 3.22. The summed E-state index contributed by atoms with van der Waals surface area (Å²) < 4.78 is 9.92. The molecule has 13 heavy (non-hydrogen) atoms. The molecule has 0 heterocycles. The first-order valence-electron chi connectivity index (χ1n) is 4.63. The van der Waals surface area contributed by atoms with Gasteiger partial charge in [0.05, 0.1) is 6.61 Å². The molecule has 3 nitrogen and oxygen atoms in total. The fraction of sp³-hybridized carbons (Fsp3) is 0.667. The van der Waals surface area contributed by atoms with Crippen molar-refractivity contribution >= 4 is 16.5 Å². The van der Waals surface area contributed by atoms with E-state index in [2.05, 4.69) is 0 Å². The van der Waals surface area contributed by atoms with Crippen LogP contribution in [0.4, 0.5) is 0 Å². The maximum absolute atomic E-state index is 10.9. The van der Waals surface area contributed by atoms with E-state index in [9.17, 15) is 4.79 Å². The van der Waals surface area contributed by atoms with E-state index >= 15 is 0 Å². The number of hydrogen-bond acceptors (Lipinski definition) is 3. The minimum atomic E-state index is -0.242. The van der Waals surface area contributed by atoms with Crippen LogP contribution in [0.15, 0.2) is 12.2 Å². The van der Waals surface area contributed by atoms with Gasteiger partial charge in [0.1, 0.15) is 10.5 Å². The third-order valence-corrected chi connectivity index (χ3v) is 1.89. The van der Waals surface area contributed by atoms with Gasteiger partial charge >= 0.3 is 5.97 Å². The molecule has 0 spiro atoms. The second kappa shape index (κ2) is 9.47. The van der Waals surface area contributed by atoms with Gasteiger partial charge in [-0.05, 0) is 19.3 Å². The fourth-order valence-corrected chi connectivity index (χ4v) is 1.07. The Bertz CT molecular complexity index is 157. The van der Waals surface area contributed by atoms with E-state index in [4.69, 9.17) is 9.16 Å². The zero-order valence-corrected chi connectivity index (χ0v) is 10.4. The maximum Gasteiger partial charge on any atom is 0.330 e. The van der Waals surface area contributed by atoms with E-state index in [1.807, 2.05) is 6.92 Å². The molecule has 0 rings (SSSR count). The Labute approximate surface area is 82.7 Å². The molecule has 0 amide bonds. The van der Waals surface area contributed by atoms with Crippen LogP contribution in [0.2, 0.25) is 0 Å². The van der Waals surface area contributed by atoms with Crippen LogP contribution in [0, 0.1) is 0 Å². The third-order valence-electron chi connectivity index (χ3n) is 1.48. The smallest absolute Gasteiger partial charge is 0.330 e. The lowest BCUT2D eigenvalue weighted by atomic mass is 10.3. The predicted molar refractivity (Wildman–Crippen MR) is 55.5 cm³/mol. The minimum Gasteiger partial charge on any atom is -0.463 e. The average Bonchev–Trinajstić information content (AvgIpc) is 2.14. The highest BCUT2D eigenvalue weighted by molar-refractivity contribution is 5.97. The van der Waals surface area contributed by atoms with E-state index < -0.39 is 0 Å². The second-order valence-corrected chi connectivity index (χ2v) is 3.26. The number of rotatable bonds is 7. The molecule has 4 heteroatoms. The Kier molecular flexibility index (Phi) is 9.03. The predicted octanol–water partition coefficient (Wildman–Crippen LogP) is 0.573. The molecular formula is C9H18O3Si. The van der Waals surface area contributed by atoms with Gasteiger partial charge in [-0.15, -0.1) is 0 Å².